The van der Waals surface area contributed by atoms with E-state index in [1.807, 2.05) is 43.6 Å². The highest BCUT2D eigenvalue weighted by atomic mass is 19.1. The molecule has 0 aliphatic rings. The van der Waals surface area contributed by atoms with Gasteiger partial charge in [0.25, 0.3) is 0 Å². The van der Waals surface area contributed by atoms with Crippen molar-refractivity contribution in [3.05, 3.63) is 42.2 Å². The Morgan fingerprint density at radius 2 is 1.29 bits per heavy atom. The monoisotopic (exact) mass is 484 g/mol. The van der Waals surface area contributed by atoms with Crippen molar-refractivity contribution < 1.29 is 9.13 Å². The van der Waals surface area contributed by atoms with Crippen LogP contribution in [0.4, 0.5) is 4.39 Å². The van der Waals surface area contributed by atoms with Crippen LogP contribution in [0, 0.1) is 5.92 Å². The number of alkyl halides is 1. The van der Waals surface area contributed by atoms with Crippen LogP contribution in [0.3, 0.4) is 0 Å². The second-order valence-corrected chi connectivity index (χ2v) is 10.2. The van der Waals surface area contributed by atoms with Gasteiger partial charge < -0.3 is 4.74 Å². The molecule has 0 N–H and O–H groups in total. The van der Waals surface area contributed by atoms with E-state index in [0.29, 0.717) is 5.75 Å². The topological polar surface area (TPSA) is 35.0 Å². The van der Waals surface area contributed by atoms with E-state index in [1.54, 1.807) is 0 Å². The Balaban J connectivity index is 1.64. The number of rotatable bonds is 20. The zero-order valence-electron chi connectivity index (χ0n) is 22.6. The second-order valence-electron chi connectivity index (χ2n) is 10.2. The Morgan fingerprint density at radius 1 is 0.743 bits per heavy atom. The molecule has 0 amide bonds. The van der Waals surface area contributed by atoms with Crippen LogP contribution in [0.25, 0.3) is 11.4 Å². The summed E-state index contributed by atoms with van der Waals surface area (Å²) in [5.74, 6) is 1.44. The third-order valence-electron chi connectivity index (χ3n) is 6.93. The maximum atomic E-state index is 14.4. The molecule has 1 aromatic carbocycles. The Morgan fingerprint density at radius 3 is 1.89 bits per heavy atom. The maximum absolute atomic E-state index is 14.4. The Kier molecular flexibility index (Phi) is 15.3. The number of hydrogen-bond acceptors (Lipinski definition) is 3. The van der Waals surface area contributed by atoms with Crippen molar-refractivity contribution in [3.63, 3.8) is 0 Å². The van der Waals surface area contributed by atoms with E-state index in [2.05, 4.69) is 23.8 Å². The van der Waals surface area contributed by atoms with Crippen molar-refractivity contribution in [1.82, 2.24) is 9.97 Å². The number of unbranched alkanes of at least 4 members (excludes halogenated alkanes) is 11. The van der Waals surface area contributed by atoms with Crippen molar-refractivity contribution in [2.24, 2.45) is 5.92 Å². The molecule has 0 bridgehead atoms. The van der Waals surface area contributed by atoms with E-state index < -0.39 is 6.17 Å². The Bertz CT molecular complexity index is 763. The molecule has 0 aliphatic carbocycles. The van der Waals surface area contributed by atoms with Crippen LogP contribution in [0.5, 0.6) is 5.75 Å². The lowest BCUT2D eigenvalue weighted by Crippen LogP contribution is -2.21. The summed E-state index contributed by atoms with van der Waals surface area (Å²) in [7, 11) is 0. The summed E-state index contributed by atoms with van der Waals surface area (Å²) in [5, 5.41) is 0. The quantitative estimate of drug-likeness (QED) is 0.175. The number of aromatic nitrogens is 2. The fourth-order valence-electron chi connectivity index (χ4n) is 4.39. The molecule has 0 saturated carbocycles. The number of hydrogen-bond donors (Lipinski definition) is 0. The minimum atomic E-state index is -0.932. The summed E-state index contributed by atoms with van der Waals surface area (Å²) in [4.78, 5) is 9.13. The van der Waals surface area contributed by atoms with Gasteiger partial charge in [0.1, 0.15) is 18.5 Å². The number of ether oxygens (including phenoxy) is 1. The van der Waals surface area contributed by atoms with E-state index >= 15 is 0 Å². The van der Waals surface area contributed by atoms with Gasteiger partial charge in [0.15, 0.2) is 5.82 Å². The Hall–Kier alpha value is -1.97. The van der Waals surface area contributed by atoms with Gasteiger partial charge >= 0.3 is 0 Å². The highest BCUT2D eigenvalue weighted by Crippen LogP contribution is 2.22. The zero-order valence-corrected chi connectivity index (χ0v) is 22.6. The molecule has 35 heavy (non-hydrogen) atoms. The molecular weight excluding hydrogens is 435 g/mol. The van der Waals surface area contributed by atoms with Crippen LogP contribution in [0.15, 0.2) is 36.7 Å². The lowest BCUT2D eigenvalue weighted by Gasteiger charge is -2.17. The molecule has 3 nitrogen and oxygen atoms in total. The van der Waals surface area contributed by atoms with E-state index in [4.69, 9.17) is 4.74 Å². The zero-order chi connectivity index (χ0) is 25.1. The summed E-state index contributed by atoms with van der Waals surface area (Å²) in [6.07, 6.45) is 21.9. The van der Waals surface area contributed by atoms with E-state index in [0.717, 1.165) is 37.1 Å². The first kappa shape index (κ1) is 29.3. The third-order valence-corrected chi connectivity index (χ3v) is 6.93. The maximum Gasteiger partial charge on any atom is 0.159 e. The van der Waals surface area contributed by atoms with Gasteiger partial charge in [-0.25, -0.2) is 14.4 Å². The minimum absolute atomic E-state index is 0.0352. The van der Waals surface area contributed by atoms with E-state index in [-0.39, 0.29) is 12.5 Å². The molecule has 4 heteroatoms. The summed E-state index contributed by atoms with van der Waals surface area (Å²) < 4.78 is 20.1. The summed E-state index contributed by atoms with van der Waals surface area (Å²) in [6.45, 7) is 6.53. The molecular formula is C31H49FN2O. The van der Waals surface area contributed by atoms with Gasteiger partial charge in [0, 0.05) is 18.0 Å². The summed E-state index contributed by atoms with van der Waals surface area (Å²) in [5.41, 5.74) is 2.16. The predicted molar refractivity (Wildman–Crippen MR) is 147 cm³/mol. The van der Waals surface area contributed by atoms with Crippen molar-refractivity contribution in [3.8, 4) is 17.1 Å². The highest BCUT2D eigenvalue weighted by Gasteiger charge is 2.16. The standard InChI is InChI=1S/C31H49FN2O/c1-4-6-8-9-10-11-12-13-14-16-18-27-23-33-31(34-24-27)28-19-21-29(22-20-28)35-25-30(32)26(3)17-15-7-5-2/h19-24,26,30H,4-18,25H2,1-3H3. The van der Waals surface area contributed by atoms with Gasteiger partial charge in [-0.1, -0.05) is 97.8 Å². The first-order chi connectivity index (χ1) is 17.1. The summed E-state index contributed by atoms with van der Waals surface area (Å²) in [6, 6.07) is 7.66. The SMILES string of the molecule is CCCCCCCCCCCCc1cnc(-c2ccc(OCC(F)C(C)CCCCC)cc2)nc1. The molecule has 0 spiro atoms. The third kappa shape index (κ3) is 12.5. The fourth-order valence-corrected chi connectivity index (χ4v) is 4.39. The van der Waals surface area contributed by atoms with Crippen molar-refractivity contribution in [2.75, 3.05) is 6.61 Å². The fraction of sp³-hybridized carbons (Fsp3) is 0.677. The van der Waals surface area contributed by atoms with Crippen LogP contribution >= 0.6 is 0 Å². The van der Waals surface area contributed by atoms with Crippen LogP contribution in [0.2, 0.25) is 0 Å². The lowest BCUT2D eigenvalue weighted by atomic mass is 9.99. The smallest absolute Gasteiger partial charge is 0.159 e. The Labute approximate surface area is 214 Å². The molecule has 2 rings (SSSR count). The molecule has 2 unspecified atom stereocenters. The molecule has 0 saturated heterocycles. The highest BCUT2D eigenvalue weighted by molar-refractivity contribution is 5.55. The predicted octanol–water partition coefficient (Wildman–Crippen LogP) is 9.54. The molecule has 0 aliphatic heterocycles. The second kappa shape index (κ2) is 18.3. The minimum Gasteiger partial charge on any atom is -0.491 e. The van der Waals surface area contributed by atoms with Gasteiger partial charge in [-0.2, -0.15) is 0 Å². The van der Waals surface area contributed by atoms with Crippen molar-refractivity contribution >= 4 is 0 Å². The van der Waals surface area contributed by atoms with Gasteiger partial charge in [-0.3, -0.25) is 0 Å². The molecule has 1 aromatic heterocycles. The van der Waals surface area contributed by atoms with Gasteiger partial charge in [-0.05, 0) is 55.0 Å². The normalized spacial score (nSPS) is 13.0. The lowest BCUT2D eigenvalue weighted by molar-refractivity contribution is 0.141. The number of benzene rings is 1. The van der Waals surface area contributed by atoms with Crippen molar-refractivity contribution in [2.45, 2.75) is 123 Å². The van der Waals surface area contributed by atoms with Crippen molar-refractivity contribution in [1.29, 1.82) is 0 Å². The van der Waals surface area contributed by atoms with Crippen LogP contribution in [0.1, 0.15) is 116 Å². The molecule has 0 fully saturated rings. The number of nitrogens with zero attached hydrogens (tertiary/aromatic N) is 2. The van der Waals surface area contributed by atoms with Crippen LogP contribution in [-0.4, -0.2) is 22.7 Å². The number of aryl methyl sites for hydroxylation is 1. The van der Waals surface area contributed by atoms with Crippen LogP contribution < -0.4 is 4.74 Å². The molecule has 196 valence electrons. The van der Waals surface area contributed by atoms with E-state index in [1.165, 1.54) is 76.2 Å². The van der Waals surface area contributed by atoms with Crippen LogP contribution in [-0.2, 0) is 6.42 Å². The molecule has 2 aromatic rings. The largest absolute Gasteiger partial charge is 0.491 e. The average molecular weight is 485 g/mol. The summed E-state index contributed by atoms with van der Waals surface area (Å²) >= 11 is 0. The average Bonchev–Trinajstić information content (AvgIpc) is 2.89. The first-order valence-corrected chi connectivity index (χ1v) is 14.3. The first-order valence-electron chi connectivity index (χ1n) is 14.3. The molecule has 0 radical (unpaired) electrons. The molecule has 1 heterocycles. The van der Waals surface area contributed by atoms with Gasteiger partial charge in [-0.15, -0.1) is 0 Å². The molecule has 2 atom stereocenters. The van der Waals surface area contributed by atoms with Gasteiger partial charge in [0.2, 0.25) is 0 Å². The van der Waals surface area contributed by atoms with Gasteiger partial charge in [0.05, 0.1) is 0 Å². The van der Waals surface area contributed by atoms with E-state index in [9.17, 15) is 4.39 Å². The number of halogens is 1.